The second-order valence-electron chi connectivity index (χ2n) is 4.27. The van der Waals surface area contributed by atoms with Crippen LogP contribution in [0, 0.1) is 0 Å². The van der Waals surface area contributed by atoms with E-state index in [-0.39, 0.29) is 5.56 Å². The molecule has 0 atom stereocenters. The molecule has 20 heavy (non-hydrogen) atoms. The molecule has 0 aliphatic heterocycles. The average molecular weight is 284 g/mol. The minimum absolute atomic E-state index is 0.0843. The van der Waals surface area contributed by atoms with E-state index in [4.69, 9.17) is 0 Å². The fourth-order valence-electron chi connectivity index (χ4n) is 1.96. The maximum Gasteiger partial charge on any atom is 0.261 e. The molecule has 0 spiro atoms. The highest BCUT2D eigenvalue weighted by Gasteiger charge is 2.06. The van der Waals surface area contributed by atoms with Gasteiger partial charge in [0.15, 0.2) is 5.16 Å². The molecule has 3 heterocycles. The maximum absolute atomic E-state index is 12.4. The third kappa shape index (κ3) is 2.42. The minimum Gasteiger partial charge on any atom is -0.310 e. The number of thioether (sulfide) groups is 1. The lowest BCUT2D eigenvalue weighted by Gasteiger charge is -2.07. The first-order valence-corrected chi connectivity index (χ1v) is 7.29. The van der Waals surface area contributed by atoms with Crippen molar-refractivity contribution < 1.29 is 0 Å². The van der Waals surface area contributed by atoms with E-state index in [1.165, 1.54) is 11.8 Å². The number of pyridine rings is 2. The highest BCUT2D eigenvalue weighted by atomic mass is 32.2. The summed E-state index contributed by atoms with van der Waals surface area (Å²) in [4.78, 5) is 24.9. The van der Waals surface area contributed by atoms with E-state index in [0.717, 1.165) is 5.56 Å². The van der Waals surface area contributed by atoms with Crippen LogP contribution in [-0.4, -0.2) is 25.8 Å². The Morgan fingerprint density at radius 2 is 2.20 bits per heavy atom. The van der Waals surface area contributed by atoms with Crippen LogP contribution in [0.4, 0.5) is 0 Å². The van der Waals surface area contributed by atoms with Gasteiger partial charge in [-0.15, -0.1) is 0 Å². The van der Waals surface area contributed by atoms with E-state index >= 15 is 0 Å². The standard InChI is InChI=1S/C14H12N4OS/c1-20-14-16-8-11-12(17-14)4-6-18(13(11)19)9-10-3-2-5-15-7-10/h2-8H,9H2,1H3. The average Bonchev–Trinajstić information content (AvgIpc) is 2.51. The summed E-state index contributed by atoms with van der Waals surface area (Å²) in [6.45, 7) is 0.493. The highest BCUT2D eigenvalue weighted by Crippen LogP contribution is 2.12. The van der Waals surface area contributed by atoms with Crippen molar-refractivity contribution in [2.24, 2.45) is 0 Å². The van der Waals surface area contributed by atoms with Gasteiger partial charge in [0, 0.05) is 24.8 Å². The number of fused-ring (bicyclic) bond motifs is 1. The molecule has 6 heteroatoms. The second kappa shape index (κ2) is 5.42. The summed E-state index contributed by atoms with van der Waals surface area (Å²) in [5.74, 6) is 0. The summed E-state index contributed by atoms with van der Waals surface area (Å²) < 4.78 is 1.64. The van der Waals surface area contributed by atoms with Crippen LogP contribution < -0.4 is 5.56 Å². The van der Waals surface area contributed by atoms with Crippen LogP contribution in [0.2, 0.25) is 0 Å². The highest BCUT2D eigenvalue weighted by molar-refractivity contribution is 7.98. The zero-order valence-corrected chi connectivity index (χ0v) is 11.7. The number of nitrogens with zero attached hydrogens (tertiary/aromatic N) is 4. The topological polar surface area (TPSA) is 60.7 Å². The summed E-state index contributed by atoms with van der Waals surface area (Å²) in [6.07, 6.45) is 8.73. The summed E-state index contributed by atoms with van der Waals surface area (Å²) >= 11 is 1.46. The number of hydrogen-bond donors (Lipinski definition) is 0. The van der Waals surface area contributed by atoms with Gasteiger partial charge in [0.25, 0.3) is 5.56 Å². The number of aromatic nitrogens is 4. The predicted octanol–water partition coefficient (Wildman–Crippen LogP) is 1.96. The Morgan fingerprint density at radius 3 is 2.95 bits per heavy atom. The Hall–Kier alpha value is -2.21. The number of rotatable bonds is 3. The largest absolute Gasteiger partial charge is 0.310 e. The first-order valence-electron chi connectivity index (χ1n) is 6.07. The zero-order valence-electron chi connectivity index (χ0n) is 10.9. The van der Waals surface area contributed by atoms with E-state index in [2.05, 4.69) is 15.0 Å². The van der Waals surface area contributed by atoms with Gasteiger partial charge in [0.1, 0.15) is 0 Å². The normalized spacial score (nSPS) is 10.8. The Balaban J connectivity index is 2.05. The summed E-state index contributed by atoms with van der Waals surface area (Å²) in [7, 11) is 0. The van der Waals surface area contributed by atoms with Gasteiger partial charge in [-0.3, -0.25) is 9.78 Å². The molecular weight excluding hydrogens is 272 g/mol. The molecule has 0 N–H and O–H groups in total. The molecule has 0 aromatic carbocycles. The molecule has 0 radical (unpaired) electrons. The van der Waals surface area contributed by atoms with Gasteiger partial charge in [-0.25, -0.2) is 9.97 Å². The van der Waals surface area contributed by atoms with Crippen LogP contribution in [0.5, 0.6) is 0 Å². The molecule has 0 aliphatic rings. The summed E-state index contributed by atoms with van der Waals surface area (Å²) in [6, 6.07) is 5.64. The van der Waals surface area contributed by atoms with Crippen molar-refractivity contribution in [3.8, 4) is 0 Å². The van der Waals surface area contributed by atoms with Gasteiger partial charge in [0.2, 0.25) is 0 Å². The molecule has 0 saturated heterocycles. The van der Waals surface area contributed by atoms with Crippen LogP contribution in [0.15, 0.2) is 52.9 Å². The van der Waals surface area contributed by atoms with Crippen molar-refractivity contribution >= 4 is 22.7 Å². The molecule has 3 aromatic rings. The first-order chi connectivity index (χ1) is 9.78. The molecule has 3 aromatic heterocycles. The van der Waals surface area contributed by atoms with Crippen molar-refractivity contribution in [1.82, 2.24) is 19.5 Å². The molecule has 3 rings (SSSR count). The molecule has 0 fully saturated rings. The van der Waals surface area contributed by atoms with Crippen molar-refractivity contribution in [2.45, 2.75) is 11.7 Å². The molecule has 0 amide bonds. The fourth-order valence-corrected chi connectivity index (χ4v) is 2.31. The smallest absolute Gasteiger partial charge is 0.261 e. The SMILES string of the molecule is CSc1ncc2c(=O)n(Cc3cccnc3)ccc2n1. The molecule has 0 unspecified atom stereocenters. The second-order valence-corrected chi connectivity index (χ2v) is 5.04. The van der Waals surface area contributed by atoms with Gasteiger partial charge < -0.3 is 4.57 Å². The van der Waals surface area contributed by atoms with E-state index in [9.17, 15) is 4.79 Å². The summed E-state index contributed by atoms with van der Waals surface area (Å²) in [5.41, 5.74) is 1.58. The lowest BCUT2D eigenvalue weighted by Crippen LogP contribution is -2.20. The third-order valence-corrected chi connectivity index (χ3v) is 3.52. The summed E-state index contributed by atoms with van der Waals surface area (Å²) in [5, 5.41) is 1.20. The Kier molecular flexibility index (Phi) is 3.47. The van der Waals surface area contributed by atoms with Crippen molar-refractivity contribution in [1.29, 1.82) is 0 Å². The van der Waals surface area contributed by atoms with Gasteiger partial charge in [-0.2, -0.15) is 0 Å². The van der Waals surface area contributed by atoms with Crippen molar-refractivity contribution in [3.63, 3.8) is 0 Å². The van der Waals surface area contributed by atoms with E-state index < -0.39 is 0 Å². The monoisotopic (exact) mass is 284 g/mol. The molecule has 0 bridgehead atoms. The van der Waals surface area contributed by atoms with Crippen LogP contribution in [0.3, 0.4) is 0 Å². The molecular formula is C14H12N4OS. The Morgan fingerprint density at radius 1 is 1.30 bits per heavy atom. The van der Waals surface area contributed by atoms with Crippen molar-refractivity contribution in [2.75, 3.05) is 6.26 Å². The molecule has 100 valence electrons. The van der Waals surface area contributed by atoms with Gasteiger partial charge in [-0.1, -0.05) is 17.8 Å². The molecule has 0 aliphatic carbocycles. The van der Waals surface area contributed by atoms with Crippen LogP contribution >= 0.6 is 11.8 Å². The maximum atomic E-state index is 12.4. The minimum atomic E-state index is -0.0843. The van der Waals surface area contributed by atoms with Gasteiger partial charge in [-0.05, 0) is 24.0 Å². The predicted molar refractivity (Wildman–Crippen MR) is 78.9 cm³/mol. The number of hydrogen-bond acceptors (Lipinski definition) is 5. The fraction of sp³-hybridized carbons (Fsp3) is 0.143. The molecule has 5 nitrogen and oxygen atoms in total. The third-order valence-electron chi connectivity index (χ3n) is 2.96. The quantitative estimate of drug-likeness (QED) is 0.543. The zero-order chi connectivity index (χ0) is 13.9. The lowest BCUT2D eigenvalue weighted by atomic mass is 10.2. The van der Waals surface area contributed by atoms with Crippen LogP contribution in [0.25, 0.3) is 10.9 Å². The van der Waals surface area contributed by atoms with E-state index in [1.807, 2.05) is 24.5 Å². The van der Waals surface area contributed by atoms with Crippen LogP contribution in [0.1, 0.15) is 5.56 Å². The van der Waals surface area contributed by atoms with E-state index in [0.29, 0.717) is 22.6 Å². The van der Waals surface area contributed by atoms with Gasteiger partial charge in [0.05, 0.1) is 17.4 Å². The lowest BCUT2D eigenvalue weighted by molar-refractivity contribution is 0.762. The van der Waals surface area contributed by atoms with Crippen LogP contribution in [-0.2, 0) is 6.54 Å². The Labute approximate surface area is 119 Å². The molecule has 0 saturated carbocycles. The first kappa shape index (κ1) is 12.8. The Bertz CT molecular complexity index is 801. The van der Waals surface area contributed by atoms with Crippen molar-refractivity contribution in [3.05, 3.63) is 58.9 Å². The van der Waals surface area contributed by atoms with E-state index in [1.54, 1.807) is 29.4 Å². The van der Waals surface area contributed by atoms with Gasteiger partial charge >= 0.3 is 0 Å².